The maximum atomic E-state index is 11.9. The van der Waals surface area contributed by atoms with Crippen LogP contribution in [-0.2, 0) is 86.4 Å². The molecule has 1 heterocycles. The van der Waals surface area contributed by atoms with Crippen molar-refractivity contribution in [3.05, 3.63) is 118 Å². The number of rotatable bonds is 23. The number of nitrogens with zero attached hydrogens (tertiary/aromatic N) is 1. The van der Waals surface area contributed by atoms with Gasteiger partial charge < -0.3 is 68.9 Å². The van der Waals surface area contributed by atoms with Crippen molar-refractivity contribution in [2.75, 3.05) is 39.3 Å². The fourth-order valence-electron chi connectivity index (χ4n) is 5.71. The fraction of sp³-hybridized carbons (Fsp3) is 0.412. The van der Waals surface area contributed by atoms with E-state index in [9.17, 15) is 57.5 Å². The second kappa shape index (κ2) is 34.8. The van der Waals surface area contributed by atoms with Crippen molar-refractivity contribution in [3.8, 4) is 0 Å². The third-order valence-electron chi connectivity index (χ3n) is 9.90. The van der Waals surface area contributed by atoms with E-state index in [1.165, 1.54) is 0 Å². The van der Waals surface area contributed by atoms with Crippen LogP contribution in [0.1, 0.15) is 67.0 Å². The first-order valence-electron chi connectivity index (χ1n) is 23.8. The SMILES string of the molecule is CC(C)(C)OC=O.Cc1ccc(CC([NH-])C(=O)NCC(=O)NCC(=O)NCC(=O)O)cc1.Cc1ccc(CC([NH-])C(=O)ON2C(=O)CCC2=O)cc1.Cc1ccc(CC([NH3+])C(=O)NCC(=O)NCC(=O)NCC(=O)O)cc1. The van der Waals surface area contributed by atoms with Crippen molar-refractivity contribution in [3.63, 3.8) is 0 Å². The maximum absolute atomic E-state index is 11.9. The third-order valence-corrected chi connectivity index (χ3v) is 9.90. The van der Waals surface area contributed by atoms with Gasteiger partial charge in [-0.05, 0) is 77.1 Å². The van der Waals surface area contributed by atoms with Gasteiger partial charge in [0.2, 0.25) is 29.5 Å². The molecule has 1 fully saturated rings. The normalized spacial score (nSPS) is 12.6. The molecule has 0 aromatic heterocycles. The fourth-order valence-corrected chi connectivity index (χ4v) is 5.71. The van der Waals surface area contributed by atoms with E-state index >= 15 is 0 Å². The molecule has 3 aromatic rings. The number of carbonyl (C=O) groups is 12. The smallest absolute Gasteiger partial charge is 0.322 e. The molecule has 0 bridgehead atoms. The van der Waals surface area contributed by atoms with E-state index in [0.29, 0.717) is 18.0 Å². The first-order chi connectivity index (χ1) is 36.1. The minimum atomic E-state index is -1.19. The topological polar surface area (TPSA) is 414 Å². The van der Waals surface area contributed by atoms with E-state index in [-0.39, 0.29) is 56.8 Å². The number of benzene rings is 3. The zero-order chi connectivity index (χ0) is 58.3. The molecule has 26 nitrogen and oxygen atoms in total. The highest BCUT2D eigenvalue weighted by atomic mass is 16.7. The van der Waals surface area contributed by atoms with Gasteiger partial charge in [-0.2, -0.15) is 0 Å². The molecule has 420 valence electrons. The average Bonchev–Trinajstić information content (AvgIpc) is 3.68. The Morgan fingerprint density at radius 1 is 0.558 bits per heavy atom. The van der Waals surface area contributed by atoms with E-state index in [1.54, 1.807) is 0 Å². The summed E-state index contributed by atoms with van der Waals surface area (Å²) in [5.74, 6) is -7.74. The number of carboxylic acids is 2. The number of amides is 8. The van der Waals surface area contributed by atoms with Crippen LogP contribution < -0.4 is 37.6 Å². The first kappa shape index (κ1) is 66.4. The van der Waals surface area contributed by atoms with Gasteiger partial charge in [-0.15, -0.1) is 5.06 Å². The Bertz CT molecular complexity index is 2350. The van der Waals surface area contributed by atoms with E-state index < -0.39 is 97.0 Å². The van der Waals surface area contributed by atoms with Gasteiger partial charge in [0.15, 0.2) is 6.04 Å². The summed E-state index contributed by atoms with van der Waals surface area (Å²) in [5.41, 5.74) is 25.0. The number of hydrogen-bond donors (Lipinski definition) is 9. The van der Waals surface area contributed by atoms with E-state index in [2.05, 4.69) is 42.4 Å². The second-order valence-electron chi connectivity index (χ2n) is 18.0. The molecular weight excluding hydrogens is 1010 g/mol. The number of ether oxygens (including phenoxy) is 1. The van der Waals surface area contributed by atoms with Gasteiger partial charge in [0.1, 0.15) is 18.7 Å². The molecule has 26 heteroatoms. The van der Waals surface area contributed by atoms with Gasteiger partial charge in [0.05, 0.1) is 26.2 Å². The molecule has 4 rings (SSSR count). The van der Waals surface area contributed by atoms with Crippen LogP contribution in [0.25, 0.3) is 11.5 Å². The van der Waals surface area contributed by atoms with Crippen LogP contribution in [0.2, 0.25) is 0 Å². The van der Waals surface area contributed by atoms with Gasteiger partial charge in [0.25, 0.3) is 24.2 Å². The minimum absolute atomic E-state index is 0.0484. The molecule has 0 spiro atoms. The summed E-state index contributed by atoms with van der Waals surface area (Å²) in [6, 6.07) is 19.9. The molecule has 0 aliphatic carbocycles. The lowest BCUT2D eigenvalue weighted by Crippen LogP contribution is -2.68. The standard InChI is InChI=1S/C16H22N4O5.C16H21N4O5.C14H15N2O4.C5H10O2/c2*1-10-2-4-11(5-3-10)6-12(17)16(25)20-8-14(22)18-7-13(21)19-9-15(23)24;1-9-2-4-10(5-3-9)8-11(15)14(19)20-16-12(17)6-7-13(16)18;1-5(2,3)7-4-6/h2-5,12H,6-9,17H2,1H3,(H,18,22)(H,19,21)(H,20,25)(H,23,24);2-5,12,17H,6-9H2,1H3,(H,18,22)(H,19,21)(H,20,25)(H,23,24);2-5,11,15H,6-8H2,1H3;4H,1-3H3/q;2*-1;/p+1. The number of hydroxylamine groups is 2. The van der Waals surface area contributed by atoms with Gasteiger partial charge in [-0.1, -0.05) is 95.5 Å². The van der Waals surface area contributed by atoms with Crippen molar-refractivity contribution < 1.29 is 83.1 Å². The zero-order valence-electron chi connectivity index (χ0n) is 43.8. The minimum Gasteiger partial charge on any atom is -0.667 e. The van der Waals surface area contributed by atoms with Gasteiger partial charge in [0, 0.05) is 19.3 Å². The molecule has 3 unspecified atom stereocenters. The van der Waals surface area contributed by atoms with Gasteiger partial charge in [-0.25, -0.2) is 0 Å². The highest BCUT2D eigenvalue weighted by Gasteiger charge is 2.33. The number of aryl methyl sites for hydroxylation is 3. The molecule has 1 saturated heterocycles. The average molecular weight is 1080 g/mol. The highest BCUT2D eigenvalue weighted by molar-refractivity contribution is 6.02. The van der Waals surface area contributed by atoms with E-state index in [1.807, 2.05) is 114 Å². The van der Waals surface area contributed by atoms with Gasteiger partial charge >= 0.3 is 17.9 Å². The summed E-state index contributed by atoms with van der Waals surface area (Å²) in [6.07, 6.45) is 0.950. The molecule has 13 N–H and O–H groups in total. The summed E-state index contributed by atoms with van der Waals surface area (Å²) in [6.45, 7) is 9.31. The second-order valence-corrected chi connectivity index (χ2v) is 18.0. The van der Waals surface area contributed by atoms with Crippen LogP contribution in [0.3, 0.4) is 0 Å². The predicted molar refractivity (Wildman–Crippen MR) is 275 cm³/mol. The molecule has 8 amide bonds. The third kappa shape index (κ3) is 31.0. The summed E-state index contributed by atoms with van der Waals surface area (Å²) in [7, 11) is 0. The van der Waals surface area contributed by atoms with E-state index in [4.69, 9.17) is 26.5 Å². The number of carboxylic acid groups (broad SMARTS) is 2. The van der Waals surface area contributed by atoms with Crippen molar-refractivity contribution in [1.29, 1.82) is 0 Å². The quantitative estimate of drug-likeness (QED) is 0.0427. The molecule has 1 aliphatic rings. The molecular formula is C51H69N10O16-. The number of hydrogen-bond acceptors (Lipinski definition) is 14. The zero-order valence-corrected chi connectivity index (χ0v) is 43.8. The summed E-state index contributed by atoms with van der Waals surface area (Å²) in [4.78, 5) is 138. The number of imide groups is 1. The lowest BCUT2D eigenvalue weighted by Gasteiger charge is -2.21. The van der Waals surface area contributed by atoms with Gasteiger partial charge in [-0.3, -0.25) is 57.5 Å². The van der Waals surface area contributed by atoms with Crippen molar-refractivity contribution in [1.82, 2.24) is 37.0 Å². The number of carbonyl (C=O) groups excluding carboxylic acids is 10. The Balaban J connectivity index is 0.000000545. The van der Waals surface area contributed by atoms with Crippen molar-refractivity contribution in [2.45, 2.75) is 97.4 Å². The number of nitrogens with one attached hydrogen (secondary N) is 8. The Morgan fingerprint density at radius 2 is 0.883 bits per heavy atom. The van der Waals surface area contributed by atoms with Crippen molar-refractivity contribution >= 4 is 71.6 Å². The van der Waals surface area contributed by atoms with Crippen LogP contribution in [0.15, 0.2) is 72.8 Å². The largest absolute Gasteiger partial charge is 0.667 e. The lowest BCUT2D eigenvalue weighted by molar-refractivity contribution is -0.403. The molecule has 1 aliphatic heterocycles. The van der Waals surface area contributed by atoms with E-state index in [0.717, 1.165) is 33.4 Å². The van der Waals surface area contributed by atoms with Crippen LogP contribution >= 0.6 is 0 Å². The highest BCUT2D eigenvalue weighted by Crippen LogP contribution is 2.15. The summed E-state index contributed by atoms with van der Waals surface area (Å²) >= 11 is 0. The Kier molecular flexibility index (Phi) is 30.0. The molecule has 3 atom stereocenters. The maximum Gasteiger partial charge on any atom is 0.322 e. The van der Waals surface area contributed by atoms with Crippen LogP contribution in [-0.4, -0.2) is 150 Å². The number of quaternary nitrogens is 1. The molecule has 0 saturated carbocycles. The Hall–Kier alpha value is -8.62. The monoisotopic (exact) mass is 1080 g/mol. The summed E-state index contributed by atoms with van der Waals surface area (Å²) in [5, 5.41) is 30.7. The summed E-state index contributed by atoms with van der Waals surface area (Å²) < 4.78 is 4.55. The van der Waals surface area contributed by atoms with Crippen molar-refractivity contribution in [2.24, 2.45) is 0 Å². The predicted octanol–water partition coefficient (Wildman–Crippen LogP) is -0.504. The van der Waals surface area contributed by atoms with Crippen LogP contribution in [0, 0.1) is 20.8 Å². The Morgan fingerprint density at radius 3 is 1.22 bits per heavy atom. The molecule has 3 aromatic carbocycles. The molecule has 77 heavy (non-hydrogen) atoms. The Labute approximate surface area is 444 Å². The first-order valence-corrected chi connectivity index (χ1v) is 23.8. The van der Waals surface area contributed by atoms with Crippen LogP contribution in [0.5, 0.6) is 0 Å². The lowest BCUT2D eigenvalue weighted by atomic mass is 10.0. The number of aliphatic carboxylic acids is 2. The van der Waals surface area contributed by atoms with Crippen LogP contribution in [0.4, 0.5) is 0 Å². The molecule has 0 radical (unpaired) electrons.